The summed E-state index contributed by atoms with van der Waals surface area (Å²) in [5.74, 6) is 1.62. The Morgan fingerprint density at radius 2 is 0.730 bits per heavy atom. The van der Waals surface area contributed by atoms with Crippen LogP contribution in [0.2, 0.25) is 0 Å². The monoisotopic (exact) mass is 804 g/mol. The van der Waals surface area contributed by atoms with Gasteiger partial charge in [-0.2, -0.15) is 5.26 Å². The van der Waals surface area contributed by atoms with Gasteiger partial charge in [0.2, 0.25) is 0 Å². The normalized spacial score (nSPS) is 11.2. The summed E-state index contributed by atoms with van der Waals surface area (Å²) >= 11 is 0. The van der Waals surface area contributed by atoms with Crippen LogP contribution >= 0.6 is 0 Å². The fraction of sp³-hybridized carbons (Fsp3) is 0. The lowest BCUT2D eigenvalue weighted by molar-refractivity contribution is 0.669. The first-order valence-electron chi connectivity index (χ1n) is 20.9. The van der Waals surface area contributed by atoms with Crippen molar-refractivity contribution < 1.29 is 4.42 Å². The maximum Gasteiger partial charge on any atom is 0.164 e. The summed E-state index contributed by atoms with van der Waals surface area (Å²) in [4.78, 5) is 15.4. The molecular formula is C58H36N4O. The van der Waals surface area contributed by atoms with E-state index in [1.807, 2.05) is 72.8 Å². The molecule has 5 heteroatoms. The van der Waals surface area contributed by atoms with E-state index >= 15 is 0 Å². The Labute approximate surface area is 364 Å². The second-order valence-corrected chi connectivity index (χ2v) is 15.5. The Morgan fingerprint density at radius 1 is 0.317 bits per heavy atom. The predicted molar refractivity (Wildman–Crippen MR) is 255 cm³/mol. The third kappa shape index (κ3) is 7.33. The Morgan fingerprint density at radius 3 is 1.33 bits per heavy atom. The fourth-order valence-electron chi connectivity index (χ4n) is 8.40. The number of nitrogens with zero attached hydrogens (tertiary/aromatic N) is 4. The molecule has 0 aliphatic carbocycles. The summed E-state index contributed by atoms with van der Waals surface area (Å²) in [5, 5.41) is 11.7. The van der Waals surface area contributed by atoms with Gasteiger partial charge in [-0.1, -0.05) is 170 Å². The van der Waals surface area contributed by atoms with E-state index in [1.54, 1.807) is 0 Å². The van der Waals surface area contributed by atoms with Gasteiger partial charge >= 0.3 is 0 Å². The second-order valence-electron chi connectivity index (χ2n) is 15.5. The summed E-state index contributed by atoms with van der Waals surface area (Å²) in [6.07, 6.45) is 0. The number of aromatic nitrogens is 3. The Hall–Kier alpha value is -8.72. The number of benzene rings is 9. The van der Waals surface area contributed by atoms with E-state index in [0.29, 0.717) is 23.0 Å². The lowest BCUT2D eigenvalue weighted by Crippen LogP contribution is -2.00. The molecule has 0 amide bonds. The molecule has 0 saturated carbocycles. The predicted octanol–water partition coefficient (Wildman–Crippen LogP) is 15.0. The fourth-order valence-corrected chi connectivity index (χ4v) is 8.40. The van der Waals surface area contributed by atoms with Gasteiger partial charge in [-0.15, -0.1) is 0 Å². The zero-order valence-corrected chi connectivity index (χ0v) is 34.0. The first-order valence-corrected chi connectivity index (χ1v) is 20.9. The van der Waals surface area contributed by atoms with E-state index in [9.17, 15) is 5.26 Å². The minimum atomic E-state index is 0.530. The SMILES string of the molecule is N#Cc1cccc(-c2cccc(-c3nc(-c4cccc(-c5ccc(-c6ccccc6)cc5)c4)nc(-c4ccc5c(c4)oc4cccc(-c6cccc(-c7ccccc7)c6)c45)n3)c2)c1. The third-order valence-corrected chi connectivity index (χ3v) is 11.6. The number of rotatable bonds is 8. The Balaban J connectivity index is 1.02. The van der Waals surface area contributed by atoms with Crippen LogP contribution in [0, 0.1) is 11.3 Å². The van der Waals surface area contributed by atoms with Gasteiger partial charge in [-0.05, 0) is 104 Å². The minimum absolute atomic E-state index is 0.530. The van der Waals surface area contributed by atoms with Crippen molar-refractivity contribution in [2.24, 2.45) is 0 Å². The molecule has 0 bridgehead atoms. The zero-order valence-electron chi connectivity index (χ0n) is 34.0. The molecule has 0 radical (unpaired) electrons. The molecule has 294 valence electrons. The molecule has 0 unspecified atom stereocenters. The highest BCUT2D eigenvalue weighted by Gasteiger charge is 2.18. The van der Waals surface area contributed by atoms with Crippen LogP contribution in [0.15, 0.2) is 223 Å². The quantitative estimate of drug-likeness (QED) is 0.153. The molecule has 5 nitrogen and oxygen atoms in total. The zero-order chi connectivity index (χ0) is 42.1. The van der Waals surface area contributed by atoms with Crippen LogP contribution in [-0.2, 0) is 0 Å². The van der Waals surface area contributed by atoms with E-state index in [0.717, 1.165) is 77.6 Å². The van der Waals surface area contributed by atoms with Gasteiger partial charge in [0.25, 0.3) is 0 Å². The maximum absolute atomic E-state index is 9.61. The summed E-state index contributed by atoms with van der Waals surface area (Å²) in [6, 6.07) is 77.0. The van der Waals surface area contributed by atoms with Crippen molar-refractivity contribution in [2.45, 2.75) is 0 Å². The third-order valence-electron chi connectivity index (χ3n) is 11.6. The highest BCUT2D eigenvalue weighted by molar-refractivity contribution is 6.13. The summed E-state index contributed by atoms with van der Waals surface area (Å²) in [5.41, 5.74) is 15.6. The standard InChI is InChI=1S/C58H36N4O/c59-37-38-12-7-17-43(32-38)46-20-10-23-49(35-46)57-60-56(48-22-9-19-45(34-48)42-28-26-41(27-29-42)39-13-3-1-4-14-39)61-58(62-57)50-30-31-52-54(36-50)63-53-25-11-24-51(55(52)53)47-21-8-18-44(33-47)40-15-5-2-6-16-40/h1-36H. The number of fused-ring (bicyclic) bond motifs is 3. The first-order chi connectivity index (χ1) is 31.1. The molecular weight excluding hydrogens is 769 g/mol. The molecule has 9 aromatic carbocycles. The van der Waals surface area contributed by atoms with Crippen LogP contribution in [0.25, 0.3) is 112 Å². The first kappa shape index (κ1) is 37.3. The molecule has 0 aliphatic heterocycles. The van der Waals surface area contributed by atoms with Crippen molar-refractivity contribution >= 4 is 21.9 Å². The van der Waals surface area contributed by atoms with E-state index in [2.05, 4.69) is 152 Å². The van der Waals surface area contributed by atoms with Crippen molar-refractivity contribution in [1.82, 2.24) is 15.0 Å². The maximum atomic E-state index is 9.61. The number of nitriles is 1. The van der Waals surface area contributed by atoms with E-state index in [-0.39, 0.29) is 0 Å². The van der Waals surface area contributed by atoms with Crippen LogP contribution in [0.5, 0.6) is 0 Å². The number of furan rings is 1. The molecule has 0 fully saturated rings. The highest BCUT2D eigenvalue weighted by atomic mass is 16.3. The molecule has 0 aliphatic rings. The van der Waals surface area contributed by atoms with E-state index < -0.39 is 0 Å². The van der Waals surface area contributed by atoms with E-state index in [4.69, 9.17) is 19.4 Å². The highest BCUT2D eigenvalue weighted by Crippen LogP contribution is 2.40. The molecule has 0 saturated heterocycles. The molecule has 0 spiro atoms. The smallest absolute Gasteiger partial charge is 0.164 e. The van der Waals surface area contributed by atoms with Gasteiger partial charge in [0.05, 0.1) is 11.6 Å². The molecule has 2 aromatic heterocycles. The van der Waals surface area contributed by atoms with Crippen molar-refractivity contribution in [3.63, 3.8) is 0 Å². The van der Waals surface area contributed by atoms with Gasteiger partial charge < -0.3 is 4.42 Å². The van der Waals surface area contributed by atoms with Crippen LogP contribution < -0.4 is 0 Å². The van der Waals surface area contributed by atoms with Crippen molar-refractivity contribution in [3.8, 4) is 95.9 Å². The van der Waals surface area contributed by atoms with Gasteiger partial charge in [-0.25, -0.2) is 15.0 Å². The summed E-state index contributed by atoms with van der Waals surface area (Å²) in [6.45, 7) is 0. The average molecular weight is 805 g/mol. The molecule has 11 rings (SSSR count). The molecule has 11 aromatic rings. The molecule has 2 heterocycles. The largest absolute Gasteiger partial charge is 0.456 e. The van der Waals surface area contributed by atoms with Gasteiger partial charge in [0, 0.05) is 27.5 Å². The number of hydrogen-bond acceptors (Lipinski definition) is 5. The molecule has 0 N–H and O–H groups in total. The van der Waals surface area contributed by atoms with Crippen molar-refractivity contribution in [1.29, 1.82) is 5.26 Å². The molecule has 63 heavy (non-hydrogen) atoms. The van der Waals surface area contributed by atoms with Gasteiger partial charge in [0.15, 0.2) is 17.5 Å². The average Bonchev–Trinajstić information content (AvgIpc) is 3.75. The molecule has 0 atom stereocenters. The van der Waals surface area contributed by atoms with Crippen molar-refractivity contribution in [2.75, 3.05) is 0 Å². The van der Waals surface area contributed by atoms with Crippen LogP contribution in [-0.4, -0.2) is 15.0 Å². The van der Waals surface area contributed by atoms with E-state index in [1.165, 1.54) is 16.7 Å². The second kappa shape index (κ2) is 16.0. The van der Waals surface area contributed by atoms with Gasteiger partial charge in [-0.3, -0.25) is 0 Å². The topological polar surface area (TPSA) is 75.6 Å². The number of hydrogen-bond donors (Lipinski definition) is 0. The van der Waals surface area contributed by atoms with Gasteiger partial charge in [0.1, 0.15) is 11.2 Å². The Bertz CT molecular complexity index is 3510. The van der Waals surface area contributed by atoms with Crippen molar-refractivity contribution in [3.05, 3.63) is 224 Å². The Kier molecular flexibility index (Phi) is 9.50. The summed E-state index contributed by atoms with van der Waals surface area (Å²) in [7, 11) is 0. The minimum Gasteiger partial charge on any atom is -0.456 e. The van der Waals surface area contributed by atoms with Crippen LogP contribution in [0.4, 0.5) is 0 Å². The summed E-state index contributed by atoms with van der Waals surface area (Å²) < 4.78 is 6.61. The lowest BCUT2D eigenvalue weighted by atomic mass is 9.96. The van der Waals surface area contributed by atoms with Crippen LogP contribution in [0.3, 0.4) is 0 Å². The lowest BCUT2D eigenvalue weighted by Gasteiger charge is -2.11. The van der Waals surface area contributed by atoms with Crippen LogP contribution in [0.1, 0.15) is 5.56 Å².